The van der Waals surface area contributed by atoms with Gasteiger partial charge in [-0.15, -0.1) is 0 Å². The summed E-state index contributed by atoms with van der Waals surface area (Å²) in [5.41, 5.74) is 0. The van der Waals surface area contributed by atoms with Crippen molar-refractivity contribution < 1.29 is 14.2 Å². The fraction of sp³-hybridized carbons (Fsp3) is 0. The molecule has 0 saturated carbocycles. The summed E-state index contributed by atoms with van der Waals surface area (Å²) in [4.78, 5) is 0. The predicted octanol–water partition coefficient (Wildman–Crippen LogP) is 7.21. The second-order valence-corrected chi connectivity index (χ2v) is 14.0. The summed E-state index contributed by atoms with van der Waals surface area (Å²) < 4.78 is 19.6. The minimum atomic E-state index is -0.889. The van der Waals surface area contributed by atoms with E-state index in [1.807, 2.05) is 24.3 Å². The molecule has 0 N–H and O–H groups in total. The molecule has 0 atom stereocenters. The lowest BCUT2D eigenvalue weighted by Crippen LogP contribution is -2.29. The van der Waals surface area contributed by atoms with Crippen LogP contribution in [0.1, 0.15) is 0 Å². The van der Waals surface area contributed by atoms with Crippen molar-refractivity contribution in [2.45, 2.75) is 0 Å². The largest absolute Gasteiger partial charge is 0.456 e. The highest BCUT2D eigenvalue weighted by molar-refractivity contribution is 7.81. The van der Waals surface area contributed by atoms with Crippen LogP contribution in [0.3, 0.4) is 0 Å². The molecular formula is C36H24O3P2. The van der Waals surface area contributed by atoms with Crippen LogP contribution in [0.15, 0.2) is 146 Å². The number of para-hydroxylation sites is 6. The van der Waals surface area contributed by atoms with E-state index in [0.717, 1.165) is 34.5 Å². The Labute approximate surface area is 241 Å². The fourth-order valence-corrected chi connectivity index (χ4v) is 10.5. The van der Waals surface area contributed by atoms with E-state index in [0.29, 0.717) is 0 Å². The van der Waals surface area contributed by atoms with Crippen molar-refractivity contribution in [3.05, 3.63) is 146 Å². The molecule has 6 aromatic rings. The number of hydrogen-bond donors (Lipinski definition) is 0. The molecule has 2 aliphatic rings. The van der Waals surface area contributed by atoms with Gasteiger partial charge in [0, 0.05) is 31.8 Å². The fourth-order valence-electron chi connectivity index (χ4n) is 5.50. The van der Waals surface area contributed by atoms with Gasteiger partial charge < -0.3 is 14.2 Å². The van der Waals surface area contributed by atoms with Gasteiger partial charge in [-0.05, 0) is 52.2 Å². The Morgan fingerprint density at radius 2 is 0.585 bits per heavy atom. The molecule has 0 unspecified atom stereocenters. The first-order valence-corrected chi connectivity index (χ1v) is 16.2. The summed E-state index contributed by atoms with van der Waals surface area (Å²) in [5, 5.41) is 7.12. The number of rotatable bonds is 4. The molecule has 41 heavy (non-hydrogen) atoms. The summed E-state index contributed by atoms with van der Waals surface area (Å²) in [6.45, 7) is 0. The van der Waals surface area contributed by atoms with Crippen LogP contribution in [0.5, 0.6) is 34.5 Å². The molecule has 0 aromatic heterocycles. The van der Waals surface area contributed by atoms with E-state index in [4.69, 9.17) is 14.2 Å². The Morgan fingerprint density at radius 1 is 0.317 bits per heavy atom. The standard InChI is InChI=1S/C36H24O3P2/c1-7-19-31-25(13-1)37-26-14-2-8-20-32(26)40(31)35-23-11-5-17-29(35)39-30-18-6-12-24-36(30)41-33-21-9-3-15-27(33)38-28-16-4-10-22-34(28)41/h1-24H. The zero-order valence-corrected chi connectivity index (χ0v) is 23.8. The number of benzene rings is 6. The third kappa shape index (κ3) is 4.21. The smallest absolute Gasteiger partial charge is 0.135 e. The average molecular weight is 567 g/mol. The lowest BCUT2D eigenvalue weighted by atomic mass is 10.3. The topological polar surface area (TPSA) is 27.7 Å². The Morgan fingerprint density at radius 3 is 0.927 bits per heavy atom. The van der Waals surface area contributed by atoms with E-state index in [9.17, 15) is 0 Å². The highest BCUT2D eigenvalue weighted by atomic mass is 31.1. The van der Waals surface area contributed by atoms with Gasteiger partial charge in [0.2, 0.25) is 0 Å². The molecule has 0 bridgehead atoms. The van der Waals surface area contributed by atoms with E-state index in [1.54, 1.807) is 0 Å². The van der Waals surface area contributed by atoms with Crippen LogP contribution in [0.2, 0.25) is 0 Å². The molecule has 2 aliphatic heterocycles. The van der Waals surface area contributed by atoms with Crippen molar-refractivity contribution >= 4 is 47.7 Å². The van der Waals surface area contributed by atoms with Crippen molar-refractivity contribution in [3.8, 4) is 34.5 Å². The minimum Gasteiger partial charge on any atom is -0.456 e. The van der Waals surface area contributed by atoms with Gasteiger partial charge in [0.1, 0.15) is 34.5 Å². The van der Waals surface area contributed by atoms with E-state index in [-0.39, 0.29) is 0 Å². The zero-order valence-electron chi connectivity index (χ0n) is 22.0. The molecule has 6 aromatic carbocycles. The van der Waals surface area contributed by atoms with Crippen LogP contribution in [-0.2, 0) is 0 Å². The Hall–Kier alpha value is -4.42. The third-order valence-corrected chi connectivity index (χ3v) is 12.4. The number of fused-ring (bicyclic) bond motifs is 4. The second kappa shape index (κ2) is 10.2. The summed E-state index contributed by atoms with van der Waals surface area (Å²) in [7, 11) is -1.78. The van der Waals surface area contributed by atoms with Crippen molar-refractivity contribution in [2.24, 2.45) is 0 Å². The summed E-state index contributed by atoms with van der Waals surface area (Å²) in [6, 6.07) is 50.3. The lowest BCUT2D eigenvalue weighted by Gasteiger charge is -2.31. The van der Waals surface area contributed by atoms with Gasteiger partial charge in [0.15, 0.2) is 0 Å². The van der Waals surface area contributed by atoms with Crippen LogP contribution in [0, 0.1) is 0 Å². The normalized spacial score (nSPS) is 13.6. The molecule has 0 fully saturated rings. The molecule has 5 heteroatoms. The summed E-state index contributed by atoms with van der Waals surface area (Å²) in [6.07, 6.45) is 0. The van der Waals surface area contributed by atoms with Gasteiger partial charge >= 0.3 is 0 Å². The molecule has 196 valence electrons. The minimum absolute atomic E-state index is 0.863. The molecule has 0 radical (unpaired) electrons. The van der Waals surface area contributed by atoms with Crippen molar-refractivity contribution in [1.29, 1.82) is 0 Å². The summed E-state index contributed by atoms with van der Waals surface area (Å²) >= 11 is 0. The van der Waals surface area contributed by atoms with Crippen LogP contribution in [-0.4, -0.2) is 0 Å². The molecule has 0 amide bonds. The molecular weight excluding hydrogens is 542 g/mol. The highest BCUT2D eigenvalue weighted by Crippen LogP contribution is 2.49. The number of hydrogen-bond acceptors (Lipinski definition) is 3. The molecule has 8 rings (SSSR count). The Balaban J connectivity index is 1.27. The van der Waals surface area contributed by atoms with Gasteiger partial charge in [-0.3, -0.25) is 0 Å². The van der Waals surface area contributed by atoms with Crippen molar-refractivity contribution in [2.75, 3.05) is 0 Å². The van der Waals surface area contributed by atoms with Gasteiger partial charge in [-0.1, -0.05) is 109 Å². The Kier molecular flexibility index (Phi) is 6.07. The zero-order chi connectivity index (χ0) is 27.2. The first-order valence-electron chi connectivity index (χ1n) is 13.5. The SMILES string of the molecule is c1ccc(P2c3ccccc3Oc3ccccc32)c(Oc2ccccc2P2c3ccccc3Oc3ccccc32)c1. The molecule has 2 heterocycles. The van der Waals surface area contributed by atoms with Gasteiger partial charge in [-0.2, -0.15) is 0 Å². The molecule has 0 spiro atoms. The molecule has 0 saturated heterocycles. The van der Waals surface area contributed by atoms with Crippen LogP contribution in [0.4, 0.5) is 0 Å². The van der Waals surface area contributed by atoms with Crippen molar-refractivity contribution in [1.82, 2.24) is 0 Å². The quantitative estimate of drug-likeness (QED) is 0.211. The number of ether oxygens (including phenoxy) is 3. The first-order chi connectivity index (χ1) is 20.3. The summed E-state index contributed by atoms with van der Waals surface area (Å²) in [5.74, 6) is 5.36. The van der Waals surface area contributed by atoms with Gasteiger partial charge in [0.05, 0.1) is 0 Å². The third-order valence-electron chi connectivity index (χ3n) is 7.30. The maximum Gasteiger partial charge on any atom is 0.135 e. The van der Waals surface area contributed by atoms with Crippen molar-refractivity contribution in [3.63, 3.8) is 0 Å². The lowest BCUT2D eigenvalue weighted by molar-refractivity contribution is 0.487. The average Bonchev–Trinajstić information content (AvgIpc) is 3.03. The van der Waals surface area contributed by atoms with E-state index in [2.05, 4.69) is 121 Å². The van der Waals surface area contributed by atoms with Gasteiger partial charge in [-0.25, -0.2) is 0 Å². The van der Waals surface area contributed by atoms with E-state index in [1.165, 1.54) is 31.8 Å². The second-order valence-electron chi connectivity index (χ2n) is 9.78. The van der Waals surface area contributed by atoms with Gasteiger partial charge in [0.25, 0.3) is 0 Å². The highest BCUT2D eigenvalue weighted by Gasteiger charge is 2.32. The van der Waals surface area contributed by atoms with Crippen LogP contribution >= 0.6 is 15.8 Å². The Bertz CT molecular complexity index is 1690. The van der Waals surface area contributed by atoms with E-state index >= 15 is 0 Å². The van der Waals surface area contributed by atoms with Crippen LogP contribution < -0.4 is 46.0 Å². The molecule has 0 aliphatic carbocycles. The van der Waals surface area contributed by atoms with Crippen LogP contribution in [0.25, 0.3) is 0 Å². The maximum absolute atomic E-state index is 6.96. The van der Waals surface area contributed by atoms with E-state index < -0.39 is 15.8 Å². The molecule has 3 nitrogen and oxygen atoms in total. The maximum atomic E-state index is 6.96. The monoisotopic (exact) mass is 566 g/mol. The first kappa shape index (κ1) is 24.4. The predicted molar refractivity (Wildman–Crippen MR) is 171 cm³/mol.